The number of nitrogens with zero attached hydrogens (tertiary/aromatic N) is 3. The zero-order chi connectivity index (χ0) is 21.3. The molecular formula is C24H39N5O. The van der Waals surface area contributed by atoms with Crippen LogP contribution in [-0.4, -0.2) is 60.4 Å². The molecule has 0 aliphatic carbocycles. The third kappa shape index (κ3) is 6.46. The van der Waals surface area contributed by atoms with Crippen molar-refractivity contribution in [1.29, 1.82) is 0 Å². The van der Waals surface area contributed by atoms with Crippen LogP contribution in [0, 0.1) is 5.92 Å². The Morgan fingerprint density at radius 3 is 2.57 bits per heavy atom. The normalized spacial score (nSPS) is 20.6. The van der Waals surface area contributed by atoms with E-state index in [1.165, 1.54) is 43.5 Å². The summed E-state index contributed by atoms with van der Waals surface area (Å²) in [6.07, 6.45) is 4.95. The lowest BCUT2D eigenvalue weighted by molar-refractivity contribution is -0.133. The molecule has 0 aromatic heterocycles. The second-order valence-corrected chi connectivity index (χ2v) is 8.87. The van der Waals surface area contributed by atoms with Crippen LogP contribution in [0.15, 0.2) is 29.3 Å². The topological polar surface area (TPSA) is 60.0 Å². The first-order chi connectivity index (χ1) is 14.6. The van der Waals surface area contributed by atoms with E-state index in [2.05, 4.69) is 46.7 Å². The summed E-state index contributed by atoms with van der Waals surface area (Å²) in [5.41, 5.74) is 2.68. The molecule has 6 heteroatoms. The molecule has 2 heterocycles. The first-order valence-electron chi connectivity index (χ1n) is 11.7. The van der Waals surface area contributed by atoms with Crippen LogP contribution >= 0.6 is 0 Å². The van der Waals surface area contributed by atoms with Crippen molar-refractivity contribution in [2.75, 3.05) is 32.7 Å². The van der Waals surface area contributed by atoms with Gasteiger partial charge >= 0.3 is 0 Å². The Kier molecular flexibility index (Phi) is 8.55. The Labute approximate surface area is 182 Å². The minimum absolute atomic E-state index is 0.0575. The van der Waals surface area contributed by atoms with Crippen LogP contribution in [0.5, 0.6) is 0 Å². The minimum atomic E-state index is 0.0575. The number of hydrogen-bond acceptors (Lipinski definition) is 3. The molecule has 0 bridgehead atoms. The van der Waals surface area contributed by atoms with Crippen molar-refractivity contribution in [3.05, 3.63) is 35.4 Å². The number of carbonyl (C=O) groups is 1. The van der Waals surface area contributed by atoms with E-state index in [9.17, 15) is 4.79 Å². The molecule has 1 aromatic rings. The molecule has 1 unspecified atom stereocenters. The highest BCUT2D eigenvalue weighted by Crippen LogP contribution is 2.17. The molecule has 3 rings (SSSR count). The predicted octanol–water partition coefficient (Wildman–Crippen LogP) is 2.98. The van der Waals surface area contributed by atoms with Gasteiger partial charge in [0.25, 0.3) is 0 Å². The molecule has 30 heavy (non-hydrogen) atoms. The molecule has 0 saturated carbocycles. The highest BCUT2D eigenvalue weighted by Gasteiger charge is 2.28. The fourth-order valence-electron chi connectivity index (χ4n) is 4.35. The van der Waals surface area contributed by atoms with Crippen LogP contribution in [0.25, 0.3) is 0 Å². The van der Waals surface area contributed by atoms with E-state index in [-0.39, 0.29) is 17.9 Å². The smallest absolute Gasteiger partial charge is 0.225 e. The number of benzene rings is 1. The molecule has 2 fully saturated rings. The lowest BCUT2D eigenvalue weighted by Crippen LogP contribution is -2.45. The van der Waals surface area contributed by atoms with E-state index in [1.807, 2.05) is 18.7 Å². The van der Waals surface area contributed by atoms with E-state index in [1.54, 1.807) is 0 Å². The second kappa shape index (κ2) is 11.3. The van der Waals surface area contributed by atoms with Crippen LogP contribution in [-0.2, 0) is 17.9 Å². The summed E-state index contributed by atoms with van der Waals surface area (Å²) in [5.74, 6) is 1.14. The Balaban J connectivity index is 1.60. The molecule has 2 aliphatic rings. The van der Waals surface area contributed by atoms with Gasteiger partial charge in [-0.05, 0) is 50.4 Å². The molecule has 1 amide bonds. The summed E-state index contributed by atoms with van der Waals surface area (Å²) in [7, 11) is 0. The lowest BCUT2D eigenvalue weighted by Gasteiger charge is -2.27. The van der Waals surface area contributed by atoms with Gasteiger partial charge < -0.3 is 15.5 Å². The van der Waals surface area contributed by atoms with Crippen LogP contribution < -0.4 is 10.6 Å². The van der Waals surface area contributed by atoms with Gasteiger partial charge in [0, 0.05) is 38.1 Å². The SMILES string of the molecule is CCNC(=NCc1ccccc1CN1CCCCC1)NC1CCN(C(=O)C(C)C)C1. The number of nitrogens with one attached hydrogen (secondary N) is 2. The van der Waals surface area contributed by atoms with E-state index in [0.717, 1.165) is 38.6 Å². The molecule has 0 spiro atoms. The maximum atomic E-state index is 12.3. The first kappa shape index (κ1) is 22.6. The van der Waals surface area contributed by atoms with Crippen molar-refractivity contribution in [2.45, 2.75) is 65.6 Å². The minimum Gasteiger partial charge on any atom is -0.357 e. The number of rotatable bonds is 7. The molecule has 166 valence electrons. The van der Waals surface area contributed by atoms with E-state index in [4.69, 9.17) is 4.99 Å². The summed E-state index contributed by atoms with van der Waals surface area (Å²) < 4.78 is 0. The van der Waals surface area contributed by atoms with Gasteiger partial charge in [0.2, 0.25) is 5.91 Å². The predicted molar refractivity (Wildman–Crippen MR) is 123 cm³/mol. The zero-order valence-corrected chi connectivity index (χ0v) is 19.0. The molecule has 2 aliphatic heterocycles. The van der Waals surface area contributed by atoms with Gasteiger partial charge in [0.15, 0.2) is 5.96 Å². The fraction of sp³-hybridized carbons (Fsp3) is 0.667. The van der Waals surface area contributed by atoms with Gasteiger partial charge in [-0.1, -0.05) is 44.5 Å². The quantitative estimate of drug-likeness (QED) is 0.533. The molecule has 6 nitrogen and oxygen atoms in total. The van der Waals surface area contributed by atoms with Crippen LogP contribution in [0.2, 0.25) is 0 Å². The third-order valence-electron chi connectivity index (χ3n) is 6.05. The Morgan fingerprint density at radius 1 is 1.13 bits per heavy atom. The average molecular weight is 414 g/mol. The molecule has 0 radical (unpaired) electrons. The van der Waals surface area contributed by atoms with Crippen LogP contribution in [0.1, 0.15) is 57.6 Å². The fourth-order valence-corrected chi connectivity index (χ4v) is 4.35. The second-order valence-electron chi connectivity index (χ2n) is 8.87. The Bertz CT molecular complexity index is 711. The van der Waals surface area contributed by atoms with Crippen molar-refractivity contribution in [1.82, 2.24) is 20.4 Å². The Hall–Kier alpha value is -2.08. The number of amides is 1. The van der Waals surface area contributed by atoms with Crippen molar-refractivity contribution >= 4 is 11.9 Å². The molecule has 1 atom stereocenters. The van der Waals surface area contributed by atoms with Gasteiger partial charge in [-0.2, -0.15) is 0 Å². The molecular weight excluding hydrogens is 374 g/mol. The average Bonchev–Trinajstić information content (AvgIpc) is 3.21. The number of aliphatic imine (C=N–C) groups is 1. The van der Waals surface area contributed by atoms with Gasteiger partial charge in [-0.25, -0.2) is 4.99 Å². The number of hydrogen-bond donors (Lipinski definition) is 2. The summed E-state index contributed by atoms with van der Waals surface area (Å²) >= 11 is 0. The number of likely N-dealkylation sites (tertiary alicyclic amines) is 2. The Morgan fingerprint density at radius 2 is 1.87 bits per heavy atom. The summed E-state index contributed by atoms with van der Waals surface area (Å²) in [6, 6.07) is 8.94. The first-order valence-corrected chi connectivity index (χ1v) is 11.7. The van der Waals surface area contributed by atoms with Gasteiger partial charge in [-0.15, -0.1) is 0 Å². The molecule has 2 N–H and O–H groups in total. The van der Waals surface area contributed by atoms with Crippen molar-refractivity contribution in [3.8, 4) is 0 Å². The number of piperidine rings is 1. The van der Waals surface area contributed by atoms with Gasteiger partial charge in [0.05, 0.1) is 6.54 Å². The van der Waals surface area contributed by atoms with E-state index in [0.29, 0.717) is 6.54 Å². The molecule has 2 saturated heterocycles. The van der Waals surface area contributed by atoms with Crippen molar-refractivity contribution in [3.63, 3.8) is 0 Å². The van der Waals surface area contributed by atoms with Crippen molar-refractivity contribution < 1.29 is 4.79 Å². The van der Waals surface area contributed by atoms with E-state index < -0.39 is 0 Å². The summed E-state index contributed by atoms with van der Waals surface area (Å²) in [4.78, 5) is 21.7. The number of guanidine groups is 1. The van der Waals surface area contributed by atoms with Gasteiger partial charge in [0.1, 0.15) is 0 Å². The summed E-state index contributed by atoms with van der Waals surface area (Å²) in [5, 5.41) is 6.92. The summed E-state index contributed by atoms with van der Waals surface area (Å²) in [6.45, 7) is 12.5. The maximum absolute atomic E-state index is 12.3. The monoisotopic (exact) mass is 413 g/mol. The van der Waals surface area contributed by atoms with Crippen LogP contribution in [0.4, 0.5) is 0 Å². The van der Waals surface area contributed by atoms with Crippen LogP contribution in [0.3, 0.4) is 0 Å². The largest absolute Gasteiger partial charge is 0.357 e. The zero-order valence-electron chi connectivity index (χ0n) is 19.0. The lowest BCUT2D eigenvalue weighted by atomic mass is 10.1. The highest BCUT2D eigenvalue weighted by atomic mass is 16.2. The maximum Gasteiger partial charge on any atom is 0.225 e. The standard InChI is InChI=1S/C24H39N5O/c1-4-25-24(27-22-12-15-29(18-22)23(30)19(2)3)26-16-20-10-6-7-11-21(20)17-28-13-8-5-9-14-28/h6-7,10-11,19,22H,4-5,8-9,12-18H2,1-3H3,(H2,25,26,27). The van der Waals surface area contributed by atoms with Crippen molar-refractivity contribution in [2.24, 2.45) is 10.9 Å². The van der Waals surface area contributed by atoms with E-state index >= 15 is 0 Å². The highest BCUT2D eigenvalue weighted by molar-refractivity contribution is 5.81. The third-order valence-corrected chi connectivity index (χ3v) is 6.05. The van der Waals surface area contributed by atoms with Gasteiger partial charge in [-0.3, -0.25) is 9.69 Å². The number of carbonyl (C=O) groups excluding carboxylic acids is 1. The molecule has 1 aromatic carbocycles.